The summed E-state index contributed by atoms with van der Waals surface area (Å²) in [6.07, 6.45) is 1.62. The Hall–Kier alpha value is -3.95. The second-order valence-corrected chi connectivity index (χ2v) is 9.61. The molecular weight excluding hydrogens is 528 g/mol. The lowest BCUT2D eigenvalue weighted by Gasteiger charge is -2.14. The molecule has 1 aliphatic heterocycles. The number of methoxy groups -OCH3 is 1. The Labute approximate surface area is 229 Å². The van der Waals surface area contributed by atoms with Gasteiger partial charge in [-0.15, -0.1) is 0 Å². The number of aryl methyl sites for hydroxylation is 1. The van der Waals surface area contributed by atoms with E-state index in [1.165, 1.54) is 0 Å². The number of nitrogens with zero attached hydrogens (tertiary/aromatic N) is 1. The van der Waals surface area contributed by atoms with Crippen LogP contribution in [0.15, 0.2) is 71.6 Å². The van der Waals surface area contributed by atoms with Crippen LogP contribution in [-0.4, -0.2) is 48.8 Å². The van der Waals surface area contributed by atoms with Crippen molar-refractivity contribution in [2.45, 2.75) is 6.92 Å². The first-order valence-electron chi connectivity index (χ1n) is 11.6. The Morgan fingerprint density at radius 1 is 1.03 bits per heavy atom. The van der Waals surface area contributed by atoms with E-state index >= 15 is 0 Å². The summed E-state index contributed by atoms with van der Waals surface area (Å²) in [5.74, 6) is 0.810. The van der Waals surface area contributed by atoms with Gasteiger partial charge in [0.05, 0.1) is 18.6 Å². The lowest BCUT2D eigenvalue weighted by atomic mass is 10.2. The molecule has 0 spiro atoms. The zero-order valence-electron chi connectivity index (χ0n) is 20.7. The summed E-state index contributed by atoms with van der Waals surface area (Å²) in [6.45, 7) is 1.90. The highest BCUT2D eigenvalue weighted by molar-refractivity contribution is 8.18. The number of rotatable bonds is 10. The summed E-state index contributed by atoms with van der Waals surface area (Å²) in [4.78, 5) is 39.0. The number of ether oxygens (including phenoxy) is 3. The molecule has 1 heterocycles. The highest BCUT2D eigenvalue weighted by Crippen LogP contribution is 2.33. The highest BCUT2D eigenvalue weighted by atomic mass is 35.5. The summed E-state index contributed by atoms with van der Waals surface area (Å²) in [7, 11) is 1.54. The Morgan fingerprint density at radius 2 is 1.82 bits per heavy atom. The first-order chi connectivity index (χ1) is 18.3. The molecule has 196 valence electrons. The van der Waals surface area contributed by atoms with Crippen molar-refractivity contribution in [3.8, 4) is 17.2 Å². The number of anilines is 1. The van der Waals surface area contributed by atoms with E-state index in [1.807, 2.05) is 25.1 Å². The molecule has 0 saturated carbocycles. The van der Waals surface area contributed by atoms with Gasteiger partial charge in [0.1, 0.15) is 12.4 Å². The zero-order valence-corrected chi connectivity index (χ0v) is 22.3. The molecule has 3 aromatic carbocycles. The molecule has 10 heteroatoms. The first-order valence-corrected chi connectivity index (χ1v) is 12.8. The number of halogens is 1. The van der Waals surface area contributed by atoms with E-state index in [0.717, 1.165) is 22.2 Å². The first kappa shape index (κ1) is 27.1. The van der Waals surface area contributed by atoms with Gasteiger partial charge in [0.25, 0.3) is 17.1 Å². The number of para-hydroxylation sites is 2. The number of benzene rings is 3. The monoisotopic (exact) mass is 552 g/mol. The molecule has 0 atom stereocenters. The van der Waals surface area contributed by atoms with Gasteiger partial charge in [-0.05, 0) is 72.3 Å². The Morgan fingerprint density at radius 3 is 2.58 bits per heavy atom. The summed E-state index contributed by atoms with van der Waals surface area (Å²) in [6, 6.07) is 19.3. The third-order valence-electron chi connectivity index (χ3n) is 5.50. The van der Waals surface area contributed by atoms with Crippen LogP contribution in [0.2, 0.25) is 5.02 Å². The summed E-state index contributed by atoms with van der Waals surface area (Å²) in [5, 5.41) is 2.92. The number of amides is 3. The van der Waals surface area contributed by atoms with E-state index in [9.17, 15) is 14.4 Å². The standard InChI is InChI=1S/C28H25ClN2O6S/c1-18-10-11-20(16-22(18)29)30-26(32)17-37-21-7-5-6-19(14-21)15-25-27(33)31(28(34)38-25)12-13-36-24-9-4-3-8-23(24)35-2/h3-11,14-16H,12-13,17H2,1-2H3,(H,30,32)/b25-15-. The van der Waals surface area contributed by atoms with Crippen LogP contribution in [0.1, 0.15) is 11.1 Å². The SMILES string of the molecule is COc1ccccc1OCCN1C(=O)S/C(=C\c2cccc(OCC(=O)Nc3ccc(C)c(Cl)c3)c2)C1=O. The van der Waals surface area contributed by atoms with Crippen molar-refractivity contribution < 1.29 is 28.6 Å². The highest BCUT2D eigenvalue weighted by Gasteiger charge is 2.34. The third kappa shape index (κ3) is 6.87. The zero-order chi connectivity index (χ0) is 27.1. The fraction of sp³-hybridized carbons (Fsp3) is 0.179. The maximum atomic E-state index is 12.8. The molecule has 0 aromatic heterocycles. The summed E-state index contributed by atoms with van der Waals surface area (Å²) in [5.41, 5.74) is 2.15. The van der Waals surface area contributed by atoms with E-state index < -0.39 is 5.91 Å². The van der Waals surface area contributed by atoms with Crippen molar-refractivity contribution >= 4 is 52.2 Å². The van der Waals surface area contributed by atoms with E-state index in [4.69, 9.17) is 25.8 Å². The molecule has 3 amide bonds. The smallest absolute Gasteiger partial charge is 0.293 e. The Balaban J connectivity index is 1.32. The van der Waals surface area contributed by atoms with Crippen LogP contribution in [0.3, 0.4) is 0 Å². The average molecular weight is 553 g/mol. The lowest BCUT2D eigenvalue weighted by molar-refractivity contribution is -0.123. The minimum Gasteiger partial charge on any atom is -0.493 e. The van der Waals surface area contributed by atoms with Crippen LogP contribution in [0, 0.1) is 6.92 Å². The molecule has 1 fully saturated rings. The van der Waals surface area contributed by atoms with Crippen LogP contribution in [0.25, 0.3) is 6.08 Å². The minimum absolute atomic E-state index is 0.102. The third-order valence-corrected chi connectivity index (χ3v) is 6.81. The second-order valence-electron chi connectivity index (χ2n) is 8.21. The molecule has 1 saturated heterocycles. The van der Waals surface area contributed by atoms with Crippen molar-refractivity contribution in [1.82, 2.24) is 4.90 Å². The number of hydrogen-bond acceptors (Lipinski definition) is 7. The normalized spacial score (nSPS) is 14.1. The molecule has 0 unspecified atom stereocenters. The summed E-state index contributed by atoms with van der Waals surface area (Å²) >= 11 is 6.96. The second kappa shape index (κ2) is 12.5. The fourth-order valence-electron chi connectivity index (χ4n) is 3.54. The molecule has 8 nitrogen and oxygen atoms in total. The van der Waals surface area contributed by atoms with Crippen LogP contribution in [0.4, 0.5) is 10.5 Å². The number of thioether (sulfide) groups is 1. The van der Waals surface area contributed by atoms with Crippen LogP contribution in [0.5, 0.6) is 17.2 Å². The van der Waals surface area contributed by atoms with Crippen molar-refractivity contribution in [3.05, 3.63) is 87.8 Å². The van der Waals surface area contributed by atoms with Gasteiger partial charge in [0.15, 0.2) is 18.1 Å². The number of nitrogens with one attached hydrogen (secondary N) is 1. The van der Waals surface area contributed by atoms with Gasteiger partial charge in [0.2, 0.25) is 0 Å². The van der Waals surface area contributed by atoms with E-state index in [0.29, 0.717) is 38.4 Å². The molecule has 0 bridgehead atoms. The van der Waals surface area contributed by atoms with Gasteiger partial charge in [-0.1, -0.05) is 41.9 Å². The van der Waals surface area contributed by atoms with Crippen molar-refractivity contribution in [2.75, 3.05) is 32.2 Å². The molecule has 1 aliphatic rings. The number of imide groups is 1. The van der Waals surface area contributed by atoms with Crippen molar-refractivity contribution in [1.29, 1.82) is 0 Å². The number of carbonyl (C=O) groups excluding carboxylic acids is 3. The van der Waals surface area contributed by atoms with Crippen molar-refractivity contribution in [3.63, 3.8) is 0 Å². The summed E-state index contributed by atoms with van der Waals surface area (Å²) < 4.78 is 16.6. The quantitative estimate of drug-likeness (QED) is 0.318. The Kier molecular flexibility index (Phi) is 8.93. The maximum absolute atomic E-state index is 12.8. The van der Waals surface area contributed by atoms with Gasteiger partial charge >= 0.3 is 0 Å². The van der Waals surface area contributed by atoms with Crippen LogP contribution < -0.4 is 19.5 Å². The number of carbonyl (C=O) groups is 3. The molecule has 4 rings (SSSR count). The van der Waals surface area contributed by atoms with Gasteiger partial charge in [-0.25, -0.2) is 0 Å². The lowest BCUT2D eigenvalue weighted by Crippen LogP contribution is -2.32. The van der Waals surface area contributed by atoms with Gasteiger partial charge in [-0.2, -0.15) is 0 Å². The topological polar surface area (TPSA) is 94.2 Å². The van der Waals surface area contributed by atoms with Gasteiger partial charge < -0.3 is 19.5 Å². The fourth-order valence-corrected chi connectivity index (χ4v) is 4.59. The molecule has 0 radical (unpaired) electrons. The molecule has 3 aromatic rings. The maximum Gasteiger partial charge on any atom is 0.293 e. The van der Waals surface area contributed by atoms with Crippen molar-refractivity contribution in [2.24, 2.45) is 0 Å². The van der Waals surface area contributed by atoms with Crippen LogP contribution in [-0.2, 0) is 9.59 Å². The van der Waals surface area contributed by atoms with E-state index in [2.05, 4.69) is 5.32 Å². The average Bonchev–Trinajstić information content (AvgIpc) is 3.17. The predicted molar refractivity (Wildman–Crippen MR) is 148 cm³/mol. The molecule has 1 N–H and O–H groups in total. The number of hydrogen-bond donors (Lipinski definition) is 1. The van der Waals surface area contributed by atoms with Crippen LogP contribution >= 0.6 is 23.4 Å². The molecule has 38 heavy (non-hydrogen) atoms. The predicted octanol–water partition coefficient (Wildman–Crippen LogP) is 5.79. The van der Waals surface area contributed by atoms with E-state index in [-0.39, 0.29) is 30.9 Å². The Bertz CT molecular complexity index is 1390. The van der Waals surface area contributed by atoms with Gasteiger partial charge in [0, 0.05) is 10.7 Å². The van der Waals surface area contributed by atoms with Gasteiger partial charge in [-0.3, -0.25) is 19.3 Å². The molecular formula is C28H25ClN2O6S. The minimum atomic E-state index is -0.397. The molecule has 0 aliphatic carbocycles. The van der Waals surface area contributed by atoms with E-state index in [1.54, 1.807) is 61.7 Å². The largest absolute Gasteiger partial charge is 0.493 e.